The molecule has 0 radical (unpaired) electrons. The van der Waals surface area contributed by atoms with E-state index in [-0.39, 0.29) is 17.9 Å². The summed E-state index contributed by atoms with van der Waals surface area (Å²) in [6, 6.07) is 14.7. The average molecular weight is 338 g/mol. The smallest absolute Gasteiger partial charge is 0.251 e. The van der Waals surface area contributed by atoms with Crippen molar-refractivity contribution in [1.29, 1.82) is 0 Å². The van der Waals surface area contributed by atoms with Crippen LogP contribution in [0.5, 0.6) is 5.75 Å². The maximum Gasteiger partial charge on any atom is 0.251 e. The van der Waals surface area contributed by atoms with E-state index in [4.69, 9.17) is 4.74 Å². The number of anilines is 1. The molecule has 1 aliphatic rings. The van der Waals surface area contributed by atoms with Gasteiger partial charge < -0.3 is 15.0 Å². The molecule has 0 spiro atoms. The minimum atomic E-state index is -0.188. The number of rotatable bonds is 5. The van der Waals surface area contributed by atoms with Crippen LogP contribution in [-0.4, -0.2) is 31.0 Å². The highest BCUT2D eigenvalue weighted by molar-refractivity contribution is 5.99. The van der Waals surface area contributed by atoms with E-state index in [9.17, 15) is 9.59 Å². The van der Waals surface area contributed by atoms with E-state index < -0.39 is 0 Å². The summed E-state index contributed by atoms with van der Waals surface area (Å²) in [5.74, 6) is 0.649. The lowest BCUT2D eigenvalue weighted by atomic mass is 10.1. The number of aryl methyl sites for hydroxylation is 1. The van der Waals surface area contributed by atoms with Gasteiger partial charge in [0.1, 0.15) is 5.75 Å². The Morgan fingerprint density at radius 1 is 1.24 bits per heavy atom. The fourth-order valence-electron chi connectivity index (χ4n) is 3.00. The van der Waals surface area contributed by atoms with Crippen LogP contribution in [0.15, 0.2) is 48.5 Å². The minimum Gasteiger partial charge on any atom is -0.494 e. The van der Waals surface area contributed by atoms with Crippen molar-refractivity contribution < 1.29 is 14.3 Å². The molecule has 25 heavy (non-hydrogen) atoms. The van der Waals surface area contributed by atoms with E-state index in [2.05, 4.69) is 5.32 Å². The van der Waals surface area contributed by atoms with Gasteiger partial charge in [0.2, 0.25) is 5.91 Å². The number of ether oxygens (including phenoxy) is 1. The van der Waals surface area contributed by atoms with E-state index in [1.54, 1.807) is 11.0 Å². The number of amides is 2. The van der Waals surface area contributed by atoms with Gasteiger partial charge in [-0.05, 0) is 50.2 Å². The van der Waals surface area contributed by atoms with E-state index in [0.717, 1.165) is 17.0 Å². The molecule has 2 amide bonds. The highest BCUT2D eigenvalue weighted by Crippen LogP contribution is 2.24. The molecule has 0 aromatic heterocycles. The molecule has 5 heteroatoms. The van der Waals surface area contributed by atoms with Gasteiger partial charge in [0.25, 0.3) is 5.91 Å². The number of nitrogens with zero attached hydrogens (tertiary/aromatic N) is 1. The quantitative estimate of drug-likeness (QED) is 0.912. The van der Waals surface area contributed by atoms with Gasteiger partial charge in [0.05, 0.1) is 12.6 Å². The molecule has 0 bridgehead atoms. The second-order valence-electron chi connectivity index (χ2n) is 6.18. The molecular weight excluding hydrogens is 316 g/mol. The van der Waals surface area contributed by atoms with Gasteiger partial charge in [-0.1, -0.05) is 17.7 Å². The molecule has 1 fully saturated rings. The first-order valence-electron chi connectivity index (χ1n) is 8.47. The monoisotopic (exact) mass is 338 g/mol. The molecule has 0 aliphatic carbocycles. The number of nitrogens with one attached hydrogen (secondary N) is 1. The van der Waals surface area contributed by atoms with Crippen LogP contribution in [0.3, 0.4) is 0 Å². The van der Waals surface area contributed by atoms with Gasteiger partial charge in [0.15, 0.2) is 0 Å². The van der Waals surface area contributed by atoms with Gasteiger partial charge in [-0.3, -0.25) is 9.59 Å². The molecule has 1 atom stereocenters. The summed E-state index contributed by atoms with van der Waals surface area (Å²) in [6.07, 6.45) is 0.310. The molecule has 1 saturated heterocycles. The van der Waals surface area contributed by atoms with Gasteiger partial charge in [0, 0.05) is 24.2 Å². The van der Waals surface area contributed by atoms with E-state index in [1.165, 1.54) is 0 Å². The van der Waals surface area contributed by atoms with Crippen LogP contribution in [0.25, 0.3) is 0 Å². The Bertz CT molecular complexity index is 771. The van der Waals surface area contributed by atoms with Crippen molar-refractivity contribution in [2.45, 2.75) is 26.3 Å². The van der Waals surface area contributed by atoms with E-state index in [1.807, 2.05) is 56.3 Å². The zero-order valence-corrected chi connectivity index (χ0v) is 14.5. The molecule has 1 heterocycles. The number of carbonyl (C=O) groups excluding carboxylic acids is 2. The van der Waals surface area contributed by atoms with E-state index in [0.29, 0.717) is 25.1 Å². The van der Waals surface area contributed by atoms with E-state index >= 15 is 0 Å². The van der Waals surface area contributed by atoms with Crippen LogP contribution in [0, 0.1) is 6.92 Å². The molecule has 2 aromatic rings. The van der Waals surface area contributed by atoms with Crippen molar-refractivity contribution >= 4 is 17.5 Å². The zero-order valence-electron chi connectivity index (χ0n) is 14.5. The lowest BCUT2D eigenvalue weighted by molar-refractivity contribution is -0.117. The third kappa shape index (κ3) is 3.99. The van der Waals surface area contributed by atoms with Crippen molar-refractivity contribution in [3.63, 3.8) is 0 Å². The molecule has 2 aromatic carbocycles. The number of benzene rings is 2. The lowest BCUT2D eigenvalue weighted by Gasteiger charge is -2.18. The van der Waals surface area contributed by atoms with Crippen LogP contribution >= 0.6 is 0 Å². The molecule has 130 valence electrons. The van der Waals surface area contributed by atoms with Crippen molar-refractivity contribution in [2.75, 3.05) is 18.1 Å². The van der Waals surface area contributed by atoms with Crippen LogP contribution in [-0.2, 0) is 4.79 Å². The average Bonchev–Trinajstić information content (AvgIpc) is 2.96. The van der Waals surface area contributed by atoms with Gasteiger partial charge in [-0.25, -0.2) is 0 Å². The van der Waals surface area contributed by atoms with Crippen LogP contribution in [0.2, 0.25) is 0 Å². The van der Waals surface area contributed by atoms with Crippen LogP contribution in [0.4, 0.5) is 5.69 Å². The van der Waals surface area contributed by atoms with Crippen molar-refractivity contribution in [2.24, 2.45) is 0 Å². The predicted octanol–water partition coefficient (Wildman–Crippen LogP) is 2.93. The summed E-state index contributed by atoms with van der Waals surface area (Å²) >= 11 is 0. The first-order chi connectivity index (χ1) is 12.1. The Balaban J connectivity index is 1.65. The Morgan fingerprint density at radius 3 is 2.68 bits per heavy atom. The summed E-state index contributed by atoms with van der Waals surface area (Å²) in [5, 5.41) is 2.96. The molecule has 5 nitrogen and oxygen atoms in total. The fourth-order valence-corrected chi connectivity index (χ4v) is 3.00. The van der Waals surface area contributed by atoms with Gasteiger partial charge in [-0.15, -0.1) is 0 Å². The fraction of sp³-hybridized carbons (Fsp3) is 0.300. The first-order valence-corrected chi connectivity index (χ1v) is 8.47. The largest absolute Gasteiger partial charge is 0.494 e. The standard InChI is InChI=1S/C20H22N2O3/c1-3-25-18-9-7-17(8-10-18)22-13-16(12-19(22)23)21-20(24)15-6-4-5-14(2)11-15/h4-11,16H,3,12-13H2,1-2H3,(H,21,24)/t16-/m0/s1. The van der Waals surface area contributed by atoms with Crippen molar-refractivity contribution in [3.05, 3.63) is 59.7 Å². The molecule has 1 N–H and O–H groups in total. The highest BCUT2D eigenvalue weighted by Gasteiger charge is 2.31. The molecule has 1 aliphatic heterocycles. The summed E-state index contributed by atoms with van der Waals surface area (Å²) in [5.41, 5.74) is 2.47. The van der Waals surface area contributed by atoms with Gasteiger partial charge >= 0.3 is 0 Å². The summed E-state index contributed by atoms with van der Waals surface area (Å²) in [4.78, 5) is 26.4. The Hall–Kier alpha value is -2.82. The maximum atomic E-state index is 12.4. The third-order valence-electron chi connectivity index (χ3n) is 4.20. The lowest BCUT2D eigenvalue weighted by Crippen LogP contribution is -2.37. The topological polar surface area (TPSA) is 58.6 Å². The second-order valence-corrected chi connectivity index (χ2v) is 6.18. The molecule has 3 rings (SSSR count). The molecule has 0 saturated carbocycles. The Kier molecular flexibility index (Phi) is 5.03. The van der Waals surface area contributed by atoms with Crippen molar-refractivity contribution in [3.8, 4) is 5.75 Å². The van der Waals surface area contributed by atoms with Crippen LogP contribution in [0.1, 0.15) is 29.3 Å². The Morgan fingerprint density at radius 2 is 2.00 bits per heavy atom. The predicted molar refractivity (Wildman–Crippen MR) is 97.0 cm³/mol. The number of hydrogen-bond donors (Lipinski definition) is 1. The summed E-state index contributed by atoms with van der Waals surface area (Å²) < 4.78 is 5.42. The normalized spacial score (nSPS) is 16.8. The van der Waals surface area contributed by atoms with Gasteiger partial charge in [-0.2, -0.15) is 0 Å². The molecular formula is C20H22N2O3. The number of hydrogen-bond acceptors (Lipinski definition) is 3. The first kappa shape index (κ1) is 17.0. The second kappa shape index (κ2) is 7.38. The summed E-state index contributed by atoms with van der Waals surface area (Å²) in [7, 11) is 0. The maximum absolute atomic E-state index is 12.4. The highest BCUT2D eigenvalue weighted by atomic mass is 16.5. The van der Waals surface area contributed by atoms with Crippen LogP contribution < -0.4 is 15.0 Å². The number of carbonyl (C=O) groups is 2. The SMILES string of the molecule is CCOc1ccc(N2C[C@@H](NC(=O)c3cccc(C)c3)CC2=O)cc1. The van der Waals surface area contributed by atoms with Crippen molar-refractivity contribution in [1.82, 2.24) is 5.32 Å². The zero-order chi connectivity index (χ0) is 17.8. The molecule has 0 unspecified atom stereocenters. The Labute approximate surface area is 147 Å². The third-order valence-corrected chi connectivity index (χ3v) is 4.20. The minimum absolute atomic E-state index is 0.0127. The summed E-state index contributed by atoms with van der Waals surface area (Å²) in [6.45, 7) is 4.96.